The Morgan fingerprint density at radius 3 is 2.52 bits per heavy atom. The number of benzene rings is 3. The molecular weight excluding hydrogens is 358 g/mol. The van der Waals surface area contributed by atoms with Gasteiger partial charge in [0, 0.05) is 23.7 Å². The normalized spacial score (nSPS) is 19.1. The Bertz CT molecular complexity index is 974. The maximum Gasteiger partial charge on any atom is 0.337 e. The quantitative estimate of drug-likeness (QED) is 0.490. The standard InChI is InChI=1S/C26H29NO2/c1-3-27(25-13-7-9-20-8-4-5-12-24(20)25)23-11-6-10-22(18-23)19-14-16-21(17-15-19)26(28)29-2/h4-5,7-9,12-17,22-23H,3,6,10-11,18H2,1-2H3. The lowest BCUT2D eigenvalue weighted by Crippen LogP contribution is -2.38. The van der Waals surface area contributed by atoms with E-state index in [4.69, 9.17) is 4.74 Å². The van der Waals surface area contributed by atoms with Gasteiger partial charge in [0.15, 0.2) is 0 Å². The number of carbonyl (C=O) groups is 1. The summed E-state index contributed by atoms with van der Waals surface area (Å²) in [5.74, 6) is 0.260. The molecule has 0 aliphatic heterocycles. The molecule has 0 aromatic heterocycles. The van der Waals surface area contributed by atoms with Crippen LogP contribution >= 0.6 is 0 Å². The van der Waals surface area contributed by atoms with Gasteiger partial charge in [-0.3, -0.25) is 0 Å². The van der Waals surface area contributed by atoms with Gasteiger partial charge >= 0.3 is 5.97 Å². The Hall–Kier alpha value is -2.81. The minimum Gasteiger partial charge on any atom is -0.465 e. The second-order valence-corrected chi connectivity index (χ2v) is 7.92. The molecule has 0 heterocycles. The smallest absolute Gasteiger partial charge is 0.337 e. The molecule has 0 amide bonds. The zero-order valence-corrected chi connectivity index (χ0v) is 17.3. The summed E-state index contributed by atoms with van der Waals surface area (Å²) in [6.07, 6.45) is 4.82. The SMILES string of the molecule is CCN(c1cccc2ccccc12)C1CCCC(c2ccc(C(=O)OC)cc2)C1. The number of carbonyl (C=O) groups excluding carboxylic acids is 1. The van der Waals surface area contributed by atoms with Gasteiger partial charge in [0.05, 0.1) is 12.7 Å². The highest BCUT2D eigenvalue weighted by Gasteiger charge is 2.28. The number of methoxy groups -OCH3 is 1. The molecule has 1 fully saturated rings. The van der Waals surface area contributed by atoms with E-state index in [1.54, 1.807) is 0 Å². The fourth-order valence-electron chi connectivity index (χ4n) is 4.84. The number of fused-ring (bicyclic) bond motifs is 1. The predicted molar refractivity (Wildman–Crippen MR) is 120 cm³/mol. The van der Waals surface area contributed by atoms with Crippen LogP contribution in [-0.2, 0) is 4.74 Å². The first-order valence-electron chi connectivity index (χ1n) is 10.6. The zero-order valence-electron chi connectivity index (χ0n) is 17.3. The summed E-state index contributed by atoms with van der Waals surface area (Å²) in [5.41, 5.74) is 3.29. The Kier molecular flexibility index (Phi) is 5.84. The summed E-state index contributed by atoms with van der Waals surface area (Å²) in [6, 6.07) is 23.8. The van der Waals surface area contributed by atoms with Gasteiger partial charge in [-0.15, -0.1) is 0 Å². The second-order valence-electron chi connectivity index (χ2n) is 7.92. The molecule has 0 spiro atoms. The van der Waals surface area contributed by atoms with E-state index in [2.05, 4.69) is 66.4 Å². The van der Waals surface area contributed by atoms with Crippen molar-refractivity contribution in [1.29, 1.82) is 0 Å². The van der Waals surface area contributed by atoms with Crippen LogP contribution in [0.5, 0.6) is 0 Å². The van der Waals surface area contributed by atoms with E-state index in [0.717, 1.165) is 13.0 Å². The average molecular weight is 388 g/mol. The van der Waals surface area contributed by atoms with Crippen molar-refractivity contribution in [3.63, 3.8) is 0 Å². The maximum atomic E-state index is 11.7. The molecule has 0 N–H and O–H groups in total. The van der Waals surface area contributed by atoms with Crippen molar-refractivity contribution in [1.82, 2.24) is 0 Å². The topological polar surface area (TPSA) is 29.5 Å². The third-order valence-electron chi connectivity index (χ3n) is 6.31. The Balaban J connectivity index is 1.57. The van der Waals surface area contributed by atoms with Crippen LogP contribution in [0.15, 0.2) is 66.7 Å². The van der Waals surface area contributed by atoms with Gasteiger partial charge < -0.3 is 9.64 Å². The Morgan fingerprint density at radius 2 is 1.76 bits per heavy atom. The molecule has 3 nitrogen and oxygen atoms in total. The lowest BCUT2D eigenvalue weighted by molar-refractivity contribution is 0.0600. The first-order valence-corrected chi connectivity index (χ1v) is 10.6. The van der Waals surface area contributed by atoms with Crippen molar-refractivity contribution in [2.75, 3.05) is 18.6 Å². The molecule has 4 rings (SSSR count). The average Bonchev–Trinajstić information content (AvgIpc) is 2.79. The molecule has 150 valence electrons. The Morgan fingerprint density at radius 1 is 1.00 bits per heavy atom. The molecule has 0 saturated heterocycles. The zero-order chi connectivity index (χ0) is 20.2. The van der Waals surface area contributed by atoms with Gasteiger partial charge in [-0.05, 0) is 61.3 Å². The van der Waals surface area contributed by atoms with Gasteiger partial charge in [-0.1, -0.05) is 55.0 Å². The minimum absolute atomic E-state index is 0.272. The number of hydrogen-bond donors (Lipinski definition) is 0. The third kappa shape index (κ3) is 4.00. The predicted octanol–water partition coefficient (Wildman–Crippen LogP) is 6.18. The largest absolute Gasteiger partial charge is 0.465 e. The van der Waals surface area contributed by atoms with Gasteiger partial charge in [0.25, 0.3) is 0 Å². The molecule has 0 bridgehead atoms. The van der Waals surface area contributed by atoms with Crippen molar-refractivity contribution in [3.05, 3.63) is 77.9 Å². The van der Waals surface area contributed by atoms with E-state index in [0.29, 0.717) is 17.5 Å². The number of anilines is 1. The van der Waals surface area contributed by atoms with E-state index < -0.39 is 0 Å². The van der Waals surface area contributed by atoms with E-state index in [1.807, 2.05) is 12.1 Å². The summed E-state index contributed by atoms with van der Waals surface area (Å²) in [7, 11) is 1.43. The fraction of sp³-hybridized carbons (Fsp3) is 0.346. The number of ether oxygens (including phenoxy) is 1. The molecule has 3 aromatic rings. The first-order chi connectivity index (χ1) is 14.2. The summed E-state index contributed by atoms with van der Waals surface area (Å²) >= 11 is 0. The number of esters is 1. The van der Waals surface area contributed by atoms with Crippen molar-refractivity contribution in [2.45, 2.75) is 44.6 Å². The van der Waals surface area contributed by atoms with E-state index in [9.17, 15) is 4.79 Å². The first kappa shape index (κ1) is 19.5. The van der Waals surface area contributed by atoms with Crippen LogP contribution in [-0.4, -0.2) is 25.7 Å². The van der Waals surface area contributed by atoms with E-state index in [-0.39, 0.29) is 5.97 Å². The minimum atomic E-state index is -0.272. The number of hydrogen-bond acceptors (Lipinski definition) is 3. The highest BCUT2D eigenvalue weighted by atomic mass is 16.5. The fourth-order valence-corrected chi connectivity index (χ4v) is 4.84. The molecule has 1 saturated carbocycles. The number of rotatable bonds is 5. The van der Waals surface area contributed by atoms with Gasteiger partial charge in [-0.25, -0.2) is 4.79 Å². The van der Waals surface area contributed by atoms with Crippen LogP contribution in [0.25, 0.3) is 10.8 Å². The molecule has 2 atom stereocenters. The molecule has 1 aliphatic carbocycles. The number of nitrogens with zero attached hydrogens (tertiary/aromatic N) is 1. The van der Waals surface area contributed by atoms with Crippen molar-refractivity contribution < 1.29 is 9.53 Å². The van der Waals surface area contributed by atoms with Crippen LogP contribution in [0.4, 0.5) is 5.69 Å². The van der Waals surface area contributed by atoms with Crippen molar-refractivity contribution in [2.24, 2.45) is 0 Å². The summed E-state index contributed by atoms with van der Waals surface area (Å²) in [4.78, 5) is 14.3. The van der Waals surface area contributed by atoms with Crippen LogP contribution in [0.3, 0.4) is 0 Å². The molecule has 2 unspecified atom stereocenters. The lowest BCUT2D eigenvalue weighted by Gasteiger charge is -2.39. The summed E-state index contributed by atoms with van der Waals surface area (Å²) in [6.45, 7) is 3.27. The summed E-state index contributed by atoms with van der Waals surface area (Å²) < 4.78 is 4.82. The van der Waals surface area contributed by atoms with Gasteiger partial charge in [-0.2, -0.15) is 0 Å². The highest BCUT2D eigenvalue weighted by molar-refractivity contribution is 5.94. The van der Waals surface area contributed by atoms with Crippen molar-refractivity contribution >= 4 is 22.4 Å². The third-order valence-corrected chi connectivity index (χ3v) is 6.31. The molecule has 3 heteroatoms. The molecule has 1 aliphatic rings. The van der Waals surface area contributed by atoms with Gasteiger partial charge in [0.2, 0.25) is 0 Å². The second kappa shape index (κ2) is 8.69. The molecule has 0 radical (unpaired) electrons. The van der Waals surface area contributed by atoms with Crippen LogP contribution in [0.1, 0.15) is 54.4 Å². The van der Waals surface area contributed by atoms with Crippen LogP contribution < -0.4 is 4.90 Å². The van der Waals surface area contributed by atoms with Crippen LogP contribution in [0, 0.1) is 0 Å². The Labute approximate surface area is 173 Å². The van der Waals surface area contributed by atoms with Crippen molar-refractivity contribution in [3.8, 4) is 0 Å². The molecule has 29 heavy (non-hydrogen) atoms. The summed E-state index contributed by atoms with van der Waals surface area (Å²) in [5, 5.41) is 2.63. The van der Waals surface area contributed by atoms with E-state index >= 15 is 0 Å². The van der Waals surface area contributed by atoms with Crippen LogP contribution in [0.2, 0.25) is 0 Å². The maximum absolute atomic E-state index is 11.7. The van der Waals surface area contributed by atoms with E-state index in [1.165, 1.54) is 48.4 Å². The molecule has 3 aromatic carbocycles. The lowest BCUT2D eigenvalue weighted by atomic mass is 9.80. The molecular formula is C26H29NO2. The van der Waals surface area contributed by atoms with Gasteiger partial charge in [0.1, 0.15) is 0 Å². The highest BCUT2D eigenvalue weighted by Crippen LogP contribution is 2.38. The monoisotopic (exact) mass is 387 g/mol.